The van der Waals surface area contributed by atoms with Crippen molar-refractivity contribution < 1.29 is 13.5 Å². The molecule has 2 rings (SSSR count). The van der Waals surface area contributed by atoms with Crippen LogP contribution in [0.15, 0.2) is 36.7 Å². The monoisotopic (exact) mass is 297 g/mol. The summed E-state index contributed by atoms with van der Waals surface area (Å²) < 4.78 is 33.8. The maximum Gasteiger partial charge on any atom is 0.151 e. The highest BCUT2D eigenvalue weighted by molar-refractivity contribution is 5.22. The van der Waals surface area contributed by atoms with Crippen LogP contribution in [0.4, 0.5) is 8.78 Å². The van der Waals surface area contributed by atoms with E-state index < -0.39 is 18.1 Å². The molecule has 3 atom stereocenters. The van der Waals surface area contributed by atoms with Crippen molar-refractivity contribution >= 4 is 0 Å². The number of hydrogen-bond donors (Lipinski definition) is 0. The fourth-order valence-electron chi connectivity index (χ4n) is 2.29. The number of nitrogens with zero attached hydrogens (tertiary/aromatic N) is 3. The van der Waals surface area contributed by atoms with Gasteiger partial charge in [0.15, 0.2) is 6.17 Å². The van der Waals surface area contributed by atoms with Gasteiger partial charge in [-0.3, -0.25) is 4.68 Å². The van der Waals surface area contributed by atoms with E-state index in [1.807, 2.05) is 0 Å². The Bertz CT molecular complexity index is 473. The molecule has 0 saturated carbocycles. The van der Waals surface area contributed by atoms with Gasteiger partial charge < -0.3 is 4.74 Å². The summed E-state index contributed by atoms with van der Waals surface area (Å²) in [5.41, 5.74) is 0. The Hall–Kier alpha value is -1.56. The predicted octanol–water partition coefficient (Wildman–Crippen LogP) is 3.23. The molecule has 1 aromatic heterocycles. The summed E-state index contributed by atoms with van der Waals surface area (Å²) in [5, 5.41) is 4.05. The van der Waals surface area contributed by atoms with E-state index in [9.17, 15) is 8.78 Å². The Morgan fingerprint density at radius 1 is 1.48 bits per heavy atom. The second-order valence-electron chi connectivity index (χ2n) is 5.23. The first-order valence-electron chi connectivity index (χ1n) is 7.32. The van der Waals surface area contributed by atoms with Gasteiger partial charge in [0.05, 0.1) is 6.61 Å². The van der Waals surface area contributed by atoms with Crippen LogP contribution in [-0.4, -0.2) is 33.6 Å². The third-order valence-electron chi connectivity index (χ3n) is 3.65. The first kappa shape index (κ1) is 15.8. The summed E-state index contributed by atoms with van der Waals surface area (Å²) in [6.07, 6.45) is 7.71. The fourth-order valence-corrected chi connectivity index (χ4v) is 2.29. The van der Waals surface area contributed by atoms with E-state index in [0.717, 1.165) is 31.9 Å². The molecular weight excluding hydrogens is 276 g/mol. The van der Waals surface area contributed by atoms with Crippen LogP contribution in [0.1, 0.15) is 26.2 Å². The van der Waals surface area contributed by atoms with Crippen molar-refractivity contribution in [3.63, 3.8) is 0 Å². The fraction of sp³-hybridized carbons (Fsp3) is 0.600. The molecule has 0 aliphatic heterocycles. The van der Waals surface area contributed by atoms with Crippen molar-refractivity contribution in [2.24, 2.45) is 5.92 Å². The maximum absolute atomic E-state index is 13.6. The van der Waals surface area contributed by atoms with Crippen LogP contribution in [0.2, 0.25) is 0 Å². The summed E-state index contributed by atoms with van der Waals surface area (Å²) in [5.74, 6) is -0.174. The minimum atomic E-state index is -1.40. The minimum Gasteiger partial charge on any atom is -0.370 e. The normalized spacial score (nSPS) is 23.1. The van der Waals surface area contributed by atoms with Crippen LogP contribution in [0.5, 0.6) is 0 Å². The molecule has 1 aromatic rings. The number of aromatic nitrogens is 3. The Labute approximate surface area is 123 Å². The van der Waals surface area contributed by atoms with Gasteiger partial charge in [0.1, 0.15) is 24.6 Å². The van der Waals surface area contributed by atoms with Gasteiger partial charge in [-0.2, -0.15) is 5.10 Å². The molecule has 6 heteroatoms. The molecule has 1 aliphatic rings. The maximum atomic E-state index is 13.6. The van der Waals surface area contributed by atoms with E-state index in [-0.39, 0.29) is 0 Å². The third-order valence-corrected chi connectivity index (χ3v) is 3.65. The number of hydrogen-bond acceptors (Lipinski definition) is 3. The summed E-state index contributed by atoms with van der Waals surface area (Å²) in [4.78, 5) is 3.89. The molecule has 0 amide bonds. The number of alkyl halides is 1. The van der Waals surface area contributed by atoms with E-state index >= 15 is 0 Å². The molecule has 1 aliphatic carbocycles. The molecule has 0 fully saturated rings. The lowest BCUT2D eigenvalue weighted by Crippen LogP contribution is -2.26. The number of allylic oxidation sites excluding steroid dienone is 2. The predicted molar refractivity (Wildman–Crippen MR) is 76.0 cm³/mol. The summed E-state index contributed by atoms with van der Waals surface area (Å²) in [7, 11) is 0. The van der Waals surface area contributed by atoms with Crippen LogP contribution < -0.4 is 0 Å². The largest absolute Gasteiger partial charge is 0.370 e. The van der Waals surface area contributed by atoms with E-state index in [1.54, 1.807) is 11.0 Å². The molecule has 0 radical (unpaired) electrons. The molecular formula is C15H21F2N3O. The van der Waals surface area contributed by atoms with Gasteiger partial charge in [-0.05, 0) is 37.0 Å². The van der Waals surface area contributed by atoms with Gasteiger partial charge in [0, 0.05) is 6.54 Å². The topological polar surface area (TPSA) is 39.9 Å². The first-order chi connectivity index (χ1) is 10.2. The molecule has 116 valence electrons. The highest BCUT2D eigenvalue weighted by Gasteiger charge is 2.22. The lowest BCUT2D eigenvalue weighted by molar-refractivity contribution is 0.0183. The molecule has 3 unspecified atom stereocenters. The van der Waals surface area contributed by atoms with Gasteiger partial charge >= 0.3 is 0 Å². The van der Waals surface area contributed by atoms with Gasteiger partial charge in [-0.1, -0.05) is 13.3 Å². The smallest absolute Gasteiger partial charge is 0.151 e. The Morgan fingerprint density at radius 3 is 3.00 bits per heavy atom. The van der Waals surface area contributed by atoms with Gasteiger partial charge in [0.25, 0.3) is 0 Å². The summed E-state index contributed by atoms with van der Waals surface area (Å²) in [6, 6.07) is 0. The standard InChI is InChI=1S/C15H21F2N3O/c1-2-12(4-3-7-20-11-18-10-19-20)9-21-15-6-5-13(16)8-14(15)17/h5-6,8,10-12,14-15H,2-4,7,9H2,1H3. The average molecular weight is 297 g/mol. The molecule has 1 heterocycles. The van der Waals surface area contributed by atoms with E-state index in [4.69, 9.17) is 4.74 Å². The molecule has 0 bridgehead atoms. The van der Waals surface area contributed by atoms with Crippen molar-refractivity contribution in [1.29, 1.82) is 0 Å². The van der Waals surface area contributed by atoms with Crippen molar-refractivity contribution in [2.45, 2.75) is 45.0 Å². The van der Waals surface area contributed by atoms with Crippen molar-refractivity contribution in [1.82, 2.24) is 14.8 Å². The summed E-state index contributed by atoms with van der Waals surface area (Å²) in [6.45, 7) is 3.39. The van der Waals surface area contributed by atoms with E-state index in [0.29, 0.717) is 12.5 Å². The van der Waals surface area contributed by atoms with Gasteiger partial charge in [0.2, 0.25) is 0 Å². The highest BCUT2D eigenvalue weighted by Crippen LogP contribution is 2.20. The lowest BCUT2D eigenvalue weighted by Gasteiger charge is -2.22. The zero-order valence-electron chi connectivity index (χ0n) is 12.2. The van der Waals surface area contributed by atoms with Gasteiger partial charge in [-0.15, -0.1) is 0 Å². The number of aryl methyl sites for hydroxylation is 1. The van der Waals surface area contributed by atoms with Crippen LogP contribution in [-0.2, 0) is 11.3 Å². The summed E-state index contributed by atoms with van der Waals surface area (Å²) >= 11 is 0. The van der Waals surface area contributed by atoms with Crippen LogP contribution >= 0.6 is 0 Å². The molecule has 21 heavy (non-hydrogen) atoms. The zero-order chi connectivity index (χ0) is 15.1. The molecule has 0 saturated heterocycles. The lowest BCUT2D eigenvalue weighted by atomic mass is 10.0. The Morgan fingerprint density at radius 2 is 2.33 bits per heavy atom. The van der Waals surface area contributed by atoms with Crippen molar-refractivity contribution in [3.8, 4) is 0 Å². The van der Waals surface area contributed by atoms with Crippen LogP contribution in [0.25, 0.3) is 0 Å². The number of rotatable bonds is 8. The zero-order valence-corrected chi connectivity index (χ0v) is 12.2. The second kappa shape index (κ2) is 8.02. The molecule has 0 N–H and O–H groups in total. The molecule has 4 nitrogen and oxygen atoms in total. The van der Waals surface area contributed by atoms with E-state index in [1.165, 1.54) is 18.5 Å². The van der Waals surface area contributed by atoms with Crippen molar-refractivity contribution in [3.05, 3.63) is 36.7 Å². The Balaban J connectivity index is 1.69. The third kappa shape index (κ3) is 5.04. The second-order valence-corrected chi connectivity index (χ2v) is 5.23. The SMILES string of the molecule is CCC(CCCn1cncn1)COC1C=CC(F)=CC1F. The number of halogens is 2. The molecule has 0 aromatic carbocycles. The average Bonchev–Trinajstić information content (AvgIpc) is 2.97. The van der Waals surface area contributed by atoms with Gasteiger partial charge in [-0.25, -0.2) is 13.8 Å². The molecule has 0 spiro atoms. The number of ether oxygens (including phenoxy) is 1. The van der Waals surface area contributed by atoms with Crippen LogP contribution in [0, 0.1) is 5.92 Å². The van der Waals surface area contributed by atoms with Crippen molar-refractivity contribution in [2.75, 3.05) is 6.61 Å². The quantitative estimate of drug-likeness (QED) is 0.739. The Kier molecular flexibility index (Phi) is 6.04. The highest BCUT2D eigenvalue weighted by atomic mass is 19.1. The van der Waals surface area contributed by atoms with Crippen LogP contribution in [0.3, 0.4) is 0 Å². The minimum absolute atomic E-state index is 0.366. The van der Waals surface area contributed by atoms with E-state index in [2.05, 4.69) is 17.0 Å². The first-order valence-corrected chi connectivity index (χ1v) is 7.32.